The maximum Gasteiger partial charge on any atom is 0.0283 e. The van der Waals surface area contributed by atoms with E-state index in [9.17, 15) is 0 Å². The van der Waals surface area contributed by atoms with Crippen LogP contribution in [0.5, 0.6) is 0 Å². The molecule has 0 atom stereocenters. The summed E-state index contributed by atoms with van der Waals surface area (Å²) in [6, 6.07) is 14.0. The zero-order valence-electron chi connectivity index (χ0n) is 14.3. The predicted octanol–water partition coefficient (Wildman–Crippen LogP) is 7.05. The Hall–Kier alpha value is -0.600. The van der Waals surface area contributed by atoms with Gasteiger partial charge in [0.2, 0.25) is 0 Å². The van der Waals surface area contributed by atoms with Crippen molar-refractivity contribution in [3.05, 3.63) is 58.7 Å². The molecular formula is C21H24Br2. The molecule has 1 aliphatic carbocycles. The quantitative estimate of drug-likeness (QED) is 0.451. The van der Waals surface area contributed by atoms with E-state index < -0.39 is 0 Å². The van der Waals surface area contributed by atoms with Gasteiger partial charge in [-0.3, -0.25) is 0 Å². The number of hydrogen-bond acceptors (Lipinski definition) is 0. The lowest BCUT2D eigenvalue weighted by Gasteiger charge is -2.40. The maximum absolute atomic E-state index is 3.63. The minimum Gasteiger partial charge on any atom is -0.0876 e. The van der Waals surface area contributed by atoms with Gasteiger partial charge in [-0.2, -0.15) is 0 Å². The van der Waals surface area contributed by atoms with Crippen LogP contribution in [0.4, 0.5) is 0 Å². The first-order chi connectivity index (χ1) is 11.0. The highest BCUT2D eigenvalue weighted by Crippen LogP contribution is 2.56. The van der Waals surface area contributed by atoms with Crippen molar-refractivity contribution in [2.45, 2.75) is 43.8 Å². The Bertz CT molecular complexity index is 665. The maximum atomic E-state index is 3.63. The molecule has 0 fully saturated rings. The van der Waals surface area contributed by atoms with E-state index in [4.69, 9.17) is 0 Å². The molecule has 0 amide bonds. The van der Waals surface area contributed by atoms with Crippen LogP contribution in [0.15, 0.2) is 36.4 Å². The monoisotopic (exact) mass is 434 g/mol. The summed E-state index contributed by atoms with van der Waals surface area (Å²) in [7, 11) is 0. The van der Waals surface area contributed by atoms with Crippen molar-refractivity contribution < 1.29 is 0 Å². The third-order valence-corrected chi connectivity index (χ3v) is 6.77. The highest BCUT2D eigenvalue weighted by Gasteiger charge is 2.47. The number of alkyl halides is 2. The van der Waals surface area contributed by atoms with Crippen LogP contribution < -0.4 is 0 Å². The molecule has 0 spiro atoms. The van der Waals surface area contributed by atoms with Crippen molar-refractivity contribution in [2.75, 3.05) is 0 Å². The van der Waals surface area contributed by atoms with Crippen LogP contribution in [0.25, 0.3) is 11.1 Å². The van der Waals surface area contributed by atoms with Gasteiger partial charge in [-0.05, 0) is 45.2 Å². The van der Waals surface area contributed by atoms with Crippen molar-refractivity contribution in [1.82, 2.24) is 0 Å². The molecular weight excluding hydrogens is 412 g/mol. The molecule has 1 aliphatic rings. The van der Waals surface area contributed by atoms with Gasteiger partial charge in [0.05, 0.1) is 0 Å². The van der Waals surface area contributed by atoms with Crippen LogP contribution in [-0.4, -0.2) is 0 Å². The van der Waals surface area contributed by atoms with E-state index >= 15 is 0 Å². The number of rotatable bonds is 4. The van der Waals surface area contributed by atoms with Gasteiger partial charge in [-0.25, -0.2) is 0 Å². The lowest BCUT2D eigenvalue weighted by Crippen LogP contribution is -2.37. The summed E-state index contributed by atoms with van der Waals surface area (Å²) in [4.78, 5) is 0. The second-order valence-corrected chi connectivity index (χ2v) is 8.33. The standard InChI is InChI=1S/C21H24Br2/c1-13(2)21(14(3)4)19-9-15(11-22)5-7-17(19)18-8-6-16(12-23)10-20(18)21/h5-10,13-14H,11-12H2,1-4H3. The fraction of sp³-hybridized carbons (Fsp3) is 0.429. The van der Waals surface area contributed by atoms with E-state index in [-0.39, 0.29) is 5.41 Å². The third kappa shape index (κ3) is 2.44. The summed E-state index contributed by atoms with van der Waals surface area (Å²) in [6.45, 7) is 9.50. The zero-order chi connectivity index (χ0) is 16.8. The van der Waals surface area contributed by atoms with Gasteiger partial charge in [0.15, 0.2) is 0 Å². The topological polar surface area (TPSA) is 0 Å². The minimum absolute atomic E-state index is 0.0982. The van der Waals surface area contributed by atoms with Crippen LogP contribution in [-0.2, 0) is 16.1 Å². The van der Waals surface area contributed by atoms with Crippen LogP contribution in [0.1, 0.15) is 49.9 Å². The summed E-state index contributed by atoms with van der Waals surface area (Å²) in [6.07, 6.45) is 0. The average Bonchev–Trinajstić information content (AvgIpc) is 2.84. The molecule has 3 rings (SSSR count). The SMILES string of the molecule is CC(C)C1(C(C)C)c2cc(CBr)ccc2-c2ccc(CBr)cc21. The Labute approximate surface area is 157 Å². The number of hydrogen-bond donors (Lipinski definition) is 0. The smallest absolute Gasteiger partial charge is 0.0283 e. The van der Waals surface area contributed by atoms with Crippen molar-refractivity contribution in [1.29, 1.82) is 0 Å². The summed E-state index contributed by atoms with van der Waals surface area (Å²) >= 11 is 7.26. The average molecular weight is 436 g/mol. The first-order valence-electron chi connectivity index (χ1n) is 8.35. The molecule has 2 aromatic rings. The fourth-order valence-corrected chi connectivity index (χ4v) is 5.26. The molecule has 0 bridgehead atoms. The highest BCUT2D eigenvalue weighted by atomic mass is 79.9. The van der Waals surface area contributed by atoms with E-state index in [0.717, 1.165) is 10.7 Å². The van der Waals surface area contributed by atoms with E-state index in [1.165, 1.54) is 33.4 Å². The normalized spacial score (nSPS) is 15.1. The number of fused-ring (bicyclic) bond motifs is 3. The second kappa shape index (κ2) is 6.37. The lowest BCUT2D eigenvalue weighted by atomic mass is 9.62. The molecule has 0 radical (unpaired) electrons. The van der Waals surface area contributed by atoms with Crippen molar-refractivity contribution in [2.24, 2.45) is 11.8 Å². The molecule has 23 heavy (non-hydrogen) atoms. The summed E-state index contributed by atoms with van der Waals surface area (Å²) in [5.74, 6) is 1.11. The largest absolute Gasteiger partial charge is 0.0876 e. The lowest BCUT2D eigenvalue weighted by molar-refractivity contribution is 0.280. The van der Waals surface area contributed by atoms with Crippen LogP contribution in [0, 0.1) is 11.8 Å². The van der Waals surface area contributed by atoms with Crippen LogP contribution >= 0.6 is 31.9 Å². The summed E-state index contributed by atoms with van der Waals surface area (Å²) < 4.78 is 0. The third-order valence-electron chi connectivity index (χ3n) is 5.48. The van der Waals surface area contributed by atoms with Gasteiger partial charge >= 0.3 is 0 Å². The Morgan fingerprint density at radius 3 is 1.43 bits per heavy atom. The summed E-state index contributed by atoms with van der Waals surface area (Å²) in [5.41, 5.74) is 8.70. The van der Waals surface area contributed by atoms with E-state index in [2.05, 4.69) is 96.0 Å². The van der Waals surface area contributed by atoms with E-state index in [1.54, 1.807) is 0 Å². The molecule has 0 saturated heterocycles. The molecule has 0 aromatic heterocycles. The molecule has 0 heterocycles. The molecule has 0 saturated carbocycles. The first-order valence-corrected chi connectivity index (χ1v) is 10.6. The fourth-order valence-electron chi connectivity index (χ4n) is 4.56. The van der Waals surface area contributed by atoms with Crippen LogP contribution in [0.2, 0.25) is 0 Å². The molecule has 2 aromatic carbocycles. The molecule has 0 unspecified atom stereocenters. The Morgan fingerprint density at radius 1 is 0.739 bits per heavy atom. The van der Waals surface area contributed by atoms with Gasteiger partial charge in [0, 0.05) is 16.1 Å². The Balaban J connectivity index is 2.39. The second-order valence-electron chi connectivity index (χ2n) is 7.21. The van der Waals surface area contributed by atoms with Gasteiger partial charge in [0.1, 0.15) is 0 Å². The van der Waals surface area contributed by atoms with E-state index in [1.807, 2.05) is 0 Å². The highest BCUT2D eigenvalue weighted by molar-refractivity contribution is 9.08. The zero-order valence-corrected chi connectivity index (χ0v) is 17.5. The molecule has 0 nitrogen and oxygen atoms in total. The van der Waals surface area contributed by atoms with Gasteiger partial charge in [-0.1, -0.05) is 96.0 Å². The van der Waals surface area contributed by atoms with Crippen molar-refractivity contribution in [3.8, 4) is 11.1 Å². The van der Waals surface area contributed by atoms with Crippen molar-refractivity contribution >= 4 is 31.9 Å². The number of halogens is 2. The van der Waals surface area contributed by atoms with E-state index in [0.29, 0.717) is 11.8 Å². The van der Waals surface area contributed by atoms with Crippen LogP contribution in [0.3, 0.4) is 0 Å². The Kier molecular flexibility index (Phi) is 4.77. The minimum atomic E-state index is 0.0982. The Morgan fingerprint density at radius 2 is 1.13 bits per heavy atom. The van der Waals surface area contributed by atoms with Gasteiger partial charge in [0.25, 0.3) is 0 Å². The molecule has 0 aliphatic heterocycles. The predicted molar refractivity (Wildman–Crippen MR) is 108 cm³/mol. The number of benzene rings is 2. The molecule has 122 valence electrons. The molecule has 0 N–H and O–H groups in total. The van der Waals surface area contributed by atoms with Gasteiger partial charge < -0.3 is 0 Å². The van der Waals surface area contributed by atoms with Crippen molar-refractivity contribution in [3.63, 3.8) is 0 Å². The molecule has 2 heteroatoms. The van der Waals surface area contributed by atoms with Gasteiger partial charge in [-0.15, -0.1) is 0 Å². The summed E-state index contributed by atoms with van der Waals surface area (Å²) in [5, 5.41) is 1.82. The first kappa shape index (κ1) is 17.2.